The van der Waals surface area contributed by atoms with E-state index < -0.39 is 0 Å². The molecule has 0 fully saturated rings. The smallest absolute Gasteiger partial charge is 0.150 e. The standard InChI is InChI=1S/C14H15NOS/c1-9-4-3-5-11-13(9)16-12(8-15-11)14-10(2)6-7-17-14/h3-7,12,15H,8H2,1-2H3. The second-order valence-corrected chi connectivity index (χ2v) is 5.35. The number of benzene rings is 1. The van der Waals surface area contributed by atoms with Crippen molar-refractivity contribution < 1.29 is 4.74 Å². The number of rotatable bonds is 1. The molecule has 1 aromatic heterocycles. The lowest BCUT2D eigenvalue weighted by molar-refractivity contribution is 0.212. The van der Waals surface area contributed by atoms with Crippen LogP contribution in [0.2, 0.25) is 0 Å². The highest BCUT2D eigenvalue weighted by molar-refractivity contribution is 7.10. The fourth-order valence-corrected chi connectivity index (χ4v) is 3.15. The van der Waals surface area contributed by atoms with Crippen molar-refractivity contribution >= 4 is 17.0 Å². The van der Waals surface area contributed by atoms with Gasteiger partial charge in [-0.05, 0) is 42.5 Å². The summed E-state index contributed by atoms with van der Waals surface area (Å²) in [4.78, 5) is 1.33. The Hall–Kier alpha value is -1.48. The van der Waals surface area contributed by atoms with E-state index in [1.165, 1.54) is 16.0 Å². The summed E-state index contributed by atoms with van der Waals surface area (Å²) in [5, 5.41) is 5.58. The Morgan fingerprint density at radius 1 is 1.24 bits per heavy atom. The zero-order valence-corrected chi connectivity index (χ0v) is 10.8. The Bertz CT molecular complexity index is 547. The summed E-state index contributed by atoms with van der Waals surface area (Å²) >= 11 is 1.77. The van der Waals surface area contributed by atoms with Crippen LogP contribution in [0.3, 0.4) is 0 Å². The Morgan fingerprint density at radius 3 is 2.88 bits per heavy atom. The number of fused-ring (bicyclic) bond motifs is 1. The first-order valence-electron chi connectivity index (χ1n) is 5.80. The number of thiophene rings is 1. The minimum atomic E-state index is 0.142. The first-order chi connectivity index (χ1) is 8.25. The molecule has 1 N–H and O–H groups in total. The lowest BCUT2D eigenvalue weighted by Crippen LogP contribution is -2.23. The van der Waals surface area contributed by atoms with Crippen molar-refractivity contribution in [3.63, 3.8) is 0 Å². The summed E-state index contributed by atoms with van der Waals surface area (Å²) in [6, 6.07) is 8.36. The molecule has 2 nitrogen and oxygen atoms in total. The molecule has 3 rings (SSSR count). The van der Waals surface area contributed by atoms with Gasteiger partial charge in [0.05, 0.1) is 12.2 Å². The van der Waals surface area contributed by atoms with Gasteiger partial charge in [0.25, 0.3) is 0 Å². The number of ether oxygens (including phenoxy) is 1. The molecular formula is C14H15NOS. The van der Waals surface area contributed by atoms with Crippen LogP contribution in [0.4, 0.5) is 5.69 Å². The van der Waals surface area contributed by atoms with Crippen LogP contribution in [0.5, 0.6) is 5.75 Å². The van der Waals surface area contributed by atoms with Gasteiger partial charge < -0.3 is 10.1 Å². The minimum absolute atomic E-state index is 0.142. The van der Waals surface area contributed by atoms with Gasteiger partial charge in [0, 0.05) is 4.88 Å². The maximum Gasteiger partial charge on any atom is 0.150 e. The van der Waals surface area contributed by atoms with E-state index in [-0.39, 0.29) is 6.10 Å². The summed E-state index contributed by atoms with van der Waals surface area (Å²) in [5.74, 6) is 0.997. The molecule has 0 spiro atoms. The van der Waals surface area contributed by atoms with Crippen LogP contribution in [-0.4, -0.2) is 6.54 Å². The molecule has 1 aromatic carbocycles. The molecule has 0 bridgehead atoms. The molecule has 1 aliphatic rings. The van der Waals surface area contributed by atoms with Gasteiger partial charge >= 0.3 is 0 Å². The highest BCUT2D eigenvalue weighted by Gasteiger charge is 2.23. The fraction of sp³-hybridized carbons (Fsp3) is 0.286. The van der Waals surface area contributed by atoms with E-state index in [4.69, 9.17) is 4.74 Å². The largest absolute Gasteiger partial charge is 0.481 e. The fourth-order valence-electron chi connectivity index (χ4n) is 2.20. The molecule has 0 saturated carbocycles. The van der Waals surface area contributed by atoms with Gasteiger partial charge in [-0.25, -0.2) is 0 Å². The number of nitrogens with one attached hydrogen (secondary N) is 1. The van der Waals surface area contributed by atoms with Crippen molar-refractivity contribution in [3.8, 4) is 5.75 Å². The van der Waals surface area contributed by atoms with E-state index in [1.807, 2.05) is 0 Å². The summed E-state index contributed by atoms with van der Waals surface area (Å²) in [6.45, 7) is 5.07. The zero-order chi connectivity index (χ0) is 11.8. The highest BCUT2D eigenvalue weighted by Crippen LogP contribution is 2.38. The lowest BCUT2D eigenvalue weighted by Gasteiger charge is -2.28. The van der Waals surface area contributed by atoms with Crippen LogP contribution in [0.15, 0.2) is 29.6 Å². The van der Waals surface area contributed by atoms with Crippen LogP contribution in [0.1, 0.15) is 22.1 Å². The van der Waals surface area contributed by atoms with Crippen LogP contribution < -0.4 is 10.1 Å². The maximum atomic E-state index is 6.14. The summed E-state index contributed by atoms with van der Waals surface area (Å²) in [5.41, 5.74) is 3.61. The van der Waals surface area contributed by atoms with E-state index >= 15 is 0 Å². The topological polar surface area (TPSA) is 21.3 Å². The van der Waals surface area contributed by atoms with E-state index in [0.717, 1.165) is 18.0 Å². The molecule has 1 atom stereocenters. The molecule has 2 aromatic rings. The monoisotopic (exact) mass is 245 g/mol. The van der Waals surface area contributed by atoms with Crippen molar-refractivity contribution in [2.24, 2.45) is 0 Å². The molecule has 0 amide bonds. The van der Waals surface area contributed by atoms with Gasteiger partial charge in [0.15, 0.2) is 6.10 Å². The quantitative estimate of drug-likeness (QED) is 0.822. The predicted molar refractivity (Wildman–Crippen MR) is 72.1 cm³/mol. The molecule has 17 heavy (non-hydrogen) atoms. The number of hydrogen-bond donors (Lipinski definition) is 1. The molecule has 3 heteroatoms. The number of aryl methyl sites for hydroxylation is 2. The van der Waals surface area contributed by atoms with Crippen molar-refractivity contribution in [1.29, 1.82) is 0 Å². The van der Waals surface area contributed by atoms with Crippen molar-refractivity contribution in [2.75, 3.05) is 11.9 Å². The van der Waals surface area contributed by atoms with Gasteiger partial charge in [-0.15, -0.1) is 11.3 Å². The zero-order valence-electron chi connectivity index (χ0n) is 9.99. The van der Waals surface area contributed by atoms with Gasteiger partial charge in [0.2, 0.25) is 0 Å². The van der Waals surface area contributed by atoms with Crippen molar-refractivity contribution in [3.05, 3.63) is 45.6 Å². The minimum Gasteiger partial charge on any atom is -0.481 e. The Kier molecular flexibility index (Phi) is 2.56. The first kappa shape index (κ1) is 10.7. The molecule has 1 unspecified atom stereocenters. The van der Waals surface area contributed by atoms with Crippen LogP contribution in [0, 0.1) is 13.8 Å². The van der Waals surface area contributed by atoms with E-state index in [2.05, 4.69) is 48.8 Å². The Labute approximate surface area is 105 Å². The number of para-hydroxylation sites is 1. The van der Waals surface area contributed by atoms with E-state index in [1.54, 1.807) is 11.3 Å². The molecule has 2 heterocycles. The molecule has 0 radical (unpaired) electrons. The van der Waals surface area contributed by atoms with E-state index in [9.17, 15) is 0 Å². The summed E-state index contributed by atoms with van der Waals surface area (Å²) in [6.07, 6.45) is 0.142. The second-order valence-electron chi connectivity index (χ2n) is 4.41. The molecule has 0 aliphatic carbocycles. The normalized spacial score (nSPS) is 18.1. The molecular weight excluding hydrogens is 230 g/mol. The first-order valence-corrected chi connectivity index (χ1v) is 6.68. The van der Waals surface area contributed by atoms with Crippen LogP contribution >= 0.6 is 11.3 Å². The van der Waals surface area contributed by atoms with Crippen LogP contribution in [0.25, 0.3) is 0 Å². The van der Waals surface area contributed by atoms with Crippen molar-refractivity contribution in [1.82, 2.24) is 0 Å². The SMILES string of the molecule is Cc1ccsc1C1CNc2cccc(C)c2O1. The molecule has 0 saturated heterocycles. The average Bonchev–Trinajstić information content (AvgIpc) is 2.76. The van der Waals surface area contributed by atoms with Crippen molar-refractivity contribution in [2.45, 2.75) is 20.0 Å². The maximum absolute atomic E-state index is 6.14. The highest BCUT2D eigenvalue weighted by atomic mass is 32.1. The molecule has 88 valence electrons. The van der Waals surface area contributed by atoms with Gasteiger partial charge in [-0.3, -0.25) is 0 Å². The average molecular weight is 245 g/mol. The lowest BCUT2D eigenvalue weighted by atomic mass is 10.1. The number of anilines is 1. The summed E-state index contributed by atoms with van der Waals surface area (Å²) in [7, 11) is 0. The summed E-state index contributed by atoms with van der Waals surface area (Å²) < 4.78 is 6.14. The number of hydrogen-bond acceptors (Lipinski definition) is 3. The third-order valence-electron chi connectivity index (χ3n) is 3.14. The van der Waals surface area contributed by atoms with Crippen LogP contribution in [-0.2, 0) is 0 Å². The predicted octanol–water partition coefficient (Wildman–Crippen LogP) is 3.91. The third kappa shape index (κ3) is 1.80. The third-order valence-corrected chi connectivity index (χ3v) is 4.26. The second kappa shape index (κ2) is 4.08. The van der Waals surface area contributed by atoms with Gasteiger partial charge in [0.1, 0.15) is 5.75 Å². The Balaban J connectivity index is 1.95. The van der Waals surface area contributed by atoms with Gasteiger partial charge in [-0.2, -0.15) is 0 Å². The van der Waals surface area contributed by atoms with Gasteiger partial charge in [-0.1, -0.05) is 12.1 Å². The Morgan fingerprint density at radius 2 is 2.12 bits per heavy atom. The molecule has 1 aliphatic heterocycles. The van der Waals surface area contributed by atoms with E-state index in [0.29, 0.717) is 0 Å².